The van der Waals surface area contributed by atoms with Gasteiger partial charge in [0.15, 0.2) is 5.78 Å². The molecule has 0 unspecified atom stereocenters. The van der Waals surface area contributed by atoms with Gasteiger partial charge in [-0.1, -0.05) is 111 Å². The largest absolute Gasteiger partial charge is 0.512 e. The molecule has 0 bridgehead atoms. The summed E-state index contributed by atoms with van der Waals surface area (Å²) in [6, 6.07) is 23.8. The Balaban J connectivity index is 0.000000338. The molecule has 1 N–H and O–H groups in total. The number of pyridine rings is 1. The molecule has 45 heavy (non-hydrogen) atoms. The Morgan fingerprint density at radius 3 is 2.18 bits per heavy atom. The molecule has 1 heterocycles. The van der Waals surface area contributed by atoms with Crippen LogP contribution < -0.4 is 0 Å². The minimum atomic E-state index is 0. The fourth-order valence-electron chi connectivity index (χ4n) is 5.95. The summed E-state index contributed by atoms with van der Waals surface area (Å²) >= 11 is 0. The zero-order valence-corrected chi connectivity index (χ0v) is 31.2. The number of allylic oxidation sites excluding steroid dienone is 2. The molecule has 4 aromatic rings. The Labute approximate surface area is 284 Å². The Kier molecular flexibility index (Phi) is 11.8. The molecular weight excluding hydrogens is 731 g/mol. The predicted octanol–water partition coefficient (Wildman–Crippen LogP) is 11.3. The van der Waals surface area contributed by atoms with Crippen molar-refractivity contribution in [1.29, 1.82) is 0 Å². The van der Waals surface area contributed by atoms with Crippen LogP contribution in [0.25, 0.3) is 44.3 Å². The van der Waals surface area contributed by atoms with Crippen molar-refractivity contribution in [3.05, 3.63) is 89.8 Å². The number of hydrogen-bond donors (Lipinski definition) is 1. The van der Waals surface area contributed by atoms with Crippen molar-refractivity contribution >= 4 is 16.6 Å². The van der Waals surface area contributed by atoms with E-state index in [0.29, 0.717) is 24.7 Å². The van der Waals surface area contributed by atoms with E-state index in [4.69, 9.17) is 4.98 Å². The van der Waals surface area contributed by atoms with Crippen LogP contribution in [-0.2, 0) is 36.7 Å². The Morgan fingerprint density at radius 1 is 0.867 bits per heavy atom. The molecule has 0 aliphatic heterocycles. The van der Waals surface area contributed by atoms with E-state index in [1.54, 1.807) is 0 Å². The number of nitrogens with zero attached hydrogens (tertiary/aromatic N) is 1. The van der Waals surface area contributed by atoms with Crippen LogP contribution >= 0.6 is 0 Å². The minimum absolute atomic E-state index is 0. The number of ketones is 1. The Morgan fingerprint density at radius 2 is 1.56 bits per heavy atom. The van der Waals surface area contributed by atoms with Crippen LogP contribution in [0.4, 0.5) is 0 Å². The van der Waals surface area contributed by atoms with Crippen LogP contribution in [-0.4, -0.2) is 15.9 Å². The number of carbonyl (C=O) groups is 1. The maximum atomic E-state index is 11.2. The van der Waals surface area contributed by atoms with E-state index in [1.165, 1.54) is 50.2 Å². The zero-order chi connectivity index (χ0) is 32.4. The molecule has 0 saturated heterocycles. The third kappa shape index (κ3) is 9.24. The predicted molar refractivity (Wildman–Crippen MR) is 187 cm³/mol. The van der Waals surface area contributed by atoms with Crippen molar-refractivity contribution in [2.24, 2.45) is 17.3 Å². The standard InChI is InChI=1S/C30H30N.C11H20O2.Ir/c1-29(2,3)18-19-15-20-13-14-31-28-24-10-8-7-9-22(24)25-17-21(30(4,5)6)11-12-23(25)26(16-19)27(20)28;1-8(2)5-10(12)7-11(13)6-9(3)4;/h7-9,11-17H,18H2,1-6H3;7-9,12H,5-6H2,1-4H3;/q-1;;/b;10-7-;. The van der Waals surface area contributed by atoms with Gasteiger partial charge >= 0.3 is 0 Å². The normalized spacial score (nSPS) is 12.6. The number of carbonyl (C=O) groups excluding carboxylic acids is 1. The van der Waals surface area contributed by atoms with Gasteiger partial charge in [-0.25, -0.2) is 0 Å². The Bertz CT molecular complexity index is 1680. The molecule has 0 saturated carbocycles. The maximum Gasteiger partial charge on any atom is 0.159 e. The fourth-order valence-corrected chi connectivity index (χ4v) is 5.95. The SMILES string of the molecule is CC(C)(C)Cc1cc2c3c(nccc3c1)-c1[c-]cccc1-c1cc(C(C)(C)C)ccc1-2.CC(C)CC(=O)/C=C(\O)CC(C)C.[Ir]. The van der Waals surface area contributed by atoms with Crippen molar-refractivity contribution < 1.29 is 30.0 Å². The van der Waals surface area contributed by atoms with E-state index < -0.39 is 0 Å². The summed E-state index contributed by atoms with van der Waals surface area (Å²) in [5.41, 5.74) is 10.3. The van der Waals surface area contributed by atoms with Crippen LogP contribution in [0.3, 0.4) is 0 Å². The van der Waals surface area contributed by atoms with Crippen LogP contribution in [0, 0.1) is 23.3 Å². The first kappa shape index (κ1) is 36.4. The summed E-state index contributed by atoms with van der Waals surface area (Å²) in [6.45, 7) is 21.8. The quantitative estimate of drug-likeness (QED) is 0.106. The summed E-state index contributed by atoms with van der Waals surface area (Å²) in [6.07, 6.45) is 5.46. The van der Waals surface area contributed by atoms with Crippen molar-refractivity contribution in [3.8, 4) is 33.5 Å². The molecule has 3 aromatic carbocycles. The van der Waals surface area contributed by atoms with E-state index in [1.807, 2.05) is 40.0 Å². The average Bonchev–Trinajstić information content (AvgIpc) is 3.01. The first-order valence-electron chi connectivity index (χ1n) is 16.0. The van der Waals surface area contributed by atoms with Crippen molar-refractivity contribution in [2.75, 3.05) is 0 Å². The van der Waals surface area contributed by atoms with E-state index >= 15 is 0 Å². The van der Waals surface area contributed by atoms with Gasteiger partial charge < -0.3 is 10.1 Å². The second kappa shape index (κ2) is 14.6. The van der Waals surface area contributed by atoms with Gasteiger partial charge in [0.25, 0.3) is 0 Å². The average molecular weight is 781 g/mol. The molecule has 4 heteroatoms. The van der Waals surface area contributed by atoms with Gasteiger partial charge in [-0.15, -0.1) is 29.8 Å². The molecule has 1 radical (unpaired) electrons. The van der Waals surface area contributed by atoms with Crippen molar-refractivity contribution in [1.82, 2.24) is 4.98 Å². The number of aliphatic hydroxyl groups is 1. The van der Waals surface area contributed by atoms with E-state index in [9.17, 15) is 9.90 Å². The molecular formula is C41H50IrNO2-. The van der Waals surface area contributed by atoms with Gasteiger partial charge in [0.1, 0.15) is 0 Å². The van der Waals surface area contributed by atoms with E-state index in [0.717, 1.165) is 17.7 Å². The van der Waals surface area contributed by atoms with E-state index in [2.05, 4.69) is 96.1 Å². The molecule has 5 rings (SSSR count). The maximum absolute atomic E-state index is 11.2. The first-order valence-corrected chi connectivity index (χ1v) is 16.0. The number of hydrogen-bond acceptors (Lipinski definition) is 3. The van der Waals surface area contributed by atoms with Crippen molar-refractivity contribution in [2.45, 2.75) is 93.9 Å². The summed E-state index contributed by atoms with van der Waals surface area (Å²) < 4.78 is 0. The van der Waals surface area contributed by atoms with Gasteiger partial charge in [-0.3, -0.25) is 4.79 Å². The molecule has 1 aliphatic carbocycles. The first-order chi connectivity index (χ1) is 20.5. The molecule has 0 fully saturated rings. The number of fused-ring (bicyclic) bond motifs is 5. The summed E-state index contributed by atoms with van der Waals surface area (Å²) in [5, 5.41) is 11.8. The summed E-state index contributed by atoms with van der Waals surface area (Å²) in [5.74, 6) is 0.979. The number of rotatable bonds is 6. The monoisotopic (exact) mass is 781 g/mol. The van der Waals surface area contributed by atoms with Gasteiger partial charge in [-0.05, 0) is 73.9 Å². The molecule has 0 spiro atoms. The van der Waals surface area contributed by atoms with Crippen LogP contribution in [0.15, 0.2) is 72.6 Å². The van der Waals surface area contributed by atoms with Crippen molar-refractivity contribution in [3.63, 3.8) is 0 Å². The number of benzene rings is 3. The summed E-state index contributed by atoms with van der Waals surface area (Å²) in [7, 11) is 0. The molecule has 3 nitrogen and oxygen atoms in total. The summed E-state index contributed by atoms with van der Waals surface area (Å²) in [4.78, 5) is 16.1. The second-order valence-corrected chi connectivity index (χ2v) is 15.4. The number of aliphatic hydroxyl groups excluding tert-OH is 1. The second-order valence-electron chi connectivity index (χ2n) is 15.4. The minimum Gasteiger partial charge on any atom is -0.512 e. The fraction of sp³-hybridized carbons (Fsp3) is 0.415. The Hall–Kier alpha value is -3.07. The smallest absolute Gasteiger partial charge is 0.159 e. The third-order valence-electron chi connectivity index (χ3n) is 7.77. The van der Waals surface area contributed by atoms with Gasteiger partial charge in [0.2, 0.25) is 0 Å². The molecule has 241 valence electrons. The molecule has 0 amide bonds. The molecule has 1 aliphatic rings. The third-order valence-corrected chi connectivity index (χ3v) is 7.77. The van der Waals surface area contributed by atoms with Gasteiger partial charge in [-0.2, -0.15) is 0 Å². The van der Waals surface area contributed by atoms with Crippen LogP contribution in [0.5, 0.6) is 0 Å². The van der Waals surface area contributed by atoms with E-state index in [-0.39, 0.29) is 42.5 Å². The van der Waals surface area contributed by atoms with Gasteiger partial charge in [0.05, 0.1) is 5.76 Å². The molecule has 1 aromatic heterocycles. The zero-order valence-electron chi connectivity index (χ0n) is 28.8. The number of aromatic nitrogens is 1. The van der Waals surface area contributed by atoms with Crippen LogP contribution in [0.1, 0.15) is 93.2 Å². The molecule has 0 atom stereocenters. The topological polar surface area (TPSA) is 50.2 Å². The van der Waals surface area contributed by atoms with Gasteiger partial charge in [0, 0.05) is 45.2 Å². The van der Waals surface area contributed by atoms with Crippen LogP contribution in [0.2, 0.25) is 0 Å².